The van der Waals surface area contributed by atoms with E-state index in [2.05, 4.69) is 25.2 Å². The van der Waals surface area contributed by atoms with Crippen LogP contribution in [0.3, 0.4) is 0 Å². The van der Waals surface area contributed by atoms with E-state index in [1.807, 2.05) is 25.1 Å². The van der Waals surface area contributed by atoms with Gasteiger partial charge in [0, 0.05) is 25.3 Å². The molecule has 3 heteroatoms. The predicted octanol–water partition coefficient (Wildman–Crippen LogP) is 2.60. The van der Waals surface area contributed by atoms with Crippen molar-refractivity contribution in [1.82, 2.24) is 5.32 Å². The van der Waals surface area contributed by atoms with Crippen LogP contribution in [0.25, 0.3) is 0 Å². The Labute approximate surface area is 104 Å². The van der Waals surface area contributed by atoms with Gasteiger partial charge in [0.05, 0.1) is 6.10 Å². The van der Waals surface area contributed by atoms with Crippen LogP contribution in [0.15, 0.2) is 24.3 Å². The van der Waals surface area contributed by atoms with Crippen molar-refractivity contribution in [2.24, 2.45) is 0 Å². The Balaban J connectivity index is 2.57. The second-order valence-electron chi connectivity index (χ2n) is 4.50. The van der Waals surface area contributed by atoms with Crippen molar-refractivity contribution in [2.75, 3.05) is 13.7 Å². The average Bonchev–Trinajstić information content (AvgIpc) is 2.34. The molecule has 0 aliphatic rings. The van der Waals surface area contributed by atoms with Crippen molar-refractivity contribution in [2.45, 2.75) is 39.5 Å². The molecule has 1 atom stereocenters. The molecule has 0 radical (unpaired) electrons. The molecular weight excluding hydrogens is 214 g/mol. The van der Waals surface area contributed by atoms with Crippen LogP contribution in [0, 0.1) is 0 Å². The number of ether oxygens (including phenoxy) is 2. The number of rotatable bonds is 7. The zero-order chi connectivity index (χ0) is 12.7. The van der Waals surface area contributed by atoms with Gasteiger partial charge in [0.25, 0.3) is 0 Å². The van der Waals surface area contributed by atoms with Crippen molar-refractivity contribution in [1.29, 1.82) is 0 Å². The first-order chi connectivity index (χ1) is 8.13. The second kappa shape index (κ2) is 7.30. The first-order valence-corrected chi connectivity index (χ1v) is 6.10. The highest BCUT2D eigenvalue weighted by Gasteiger charge is 2.05. The normalized spacial score (nSPS) is 12.8. The Bertz CT molecular complexity index is 326. The first kappa shape index (κ1) is 14.0. The fourth-order valence-corrected chi connectivity index (χ4v) is 1.38. The highest BCUT2D eigenvalue weighted by molar-refractivity contribution is 5.33. The van der Waals surface area contributed by atoms with Crippen LogP contribution < -0.4 is 10.1 Å². The van der Waals surface area contributed by atoms with Gasteiger partial charge in [-0.25, -0.2) is 0 Å². The highest BCUT2D eigenvalue weighted by Crippen LogP contribution is 2.18. The molecule has 0 saturated carbocycles. The van der Waals surface area contributed by atoms with Gasteiger partial charge in [-0.2, -0.15) is 0 Å². The summed E-state index contributed by atoms with van der Waals surface area (Å²) in [6.45, 7) is 7.67. The molecule has 0 bridgehead atoms. The van der Waals surface area contributed by atoms with Crippen LogP contribution in [0.4, 0.5) is 0 Å². The van der Waals surface area contributed by atoms with Gasteiger partial charge in [-0.3, -0.25) is 0 Å². The van der Waals surface area contributed by atoms with E-state index < -0.39 is 0 Å². The minimum absolute atomic E-state index is 0.112. The van der Waals surface area contributed by atoms with Crippen molar-refractivity contribution in [3.05, 3.63) is 29.8 Å². The van der Waals surface area contributed by atoms with Gasteiger partial charge >= 0.3 is 0 Å². The molecule has 0 fully saturated rings. The largest absolute Gasteiger partial charge is 0.491 e. The van der Waals surface area contributed by atoms with E-state index in [0.717, 1.165) is 12.3 Å². The van der Waals surface area contributed by atoms with E-state index in [1.165, 1.54) is 5.56 Å². The second-order valence-corrected chi connectivity index (χ2v) is 4.50. The highest BCUT2D eigenvalue weighted by atomic mass is 16.5. The molecule has 0 heterocycles. The molecule has 0 aliphatic heterocycles. The van der Waals surface area contributed by atoms with Gasteiger partial charge in [-0.15, -0.1) is 0 Å². The molecule has 1 N–H and O–H groups in total. The van der Waals surface area contributed by atoms with Gasteiger partial charge in [-0.1, -0.05) is 32.0 Å². The van der Waals surface area contributed by atoms with Crippen molar-refractivity contribution in [3.8, 4) is 5.75 Å². The van der Waals surface area contributed by atoms with E-state index in [0.29, 0.717) is 12.6 Å². The average molecular weight is 237 g/mol. The zero-order valence-corrected chi connectivity index (χ0v) is 11.2. The maximum atomic E-state index is 5.76. The molecule has 0 aromatic heterocycles. The van der Waals surface area contributed by atoms with Crippen LogP contribution >= 0.6 is 0 Å². The fourth-order valence-electron chi connectivity index (χ4n) is 1.38. The molecule has 1 aromatic rings. The molecule has 3 nitrogen and oxygen atoms in total. The Morgan fingerprint density at radius 1 is 1.18 bits per heavy atom. The Hall–Kier alpha value is -1.06. The molecule has 0 saturated heterocycles. The van der Waals surface area contributed by atoms with Gasteiger partial charge < -0.3 is 14.8 Å². The predicted molar refractivity (Wildman–Crippen MR) is 70.4 cm³/mol. The zero-order valence-electron chi connectivity index (χ0n) is 11.2. The number of methoxy groups -OCH3 is 1. The third kappa shape index (κ3) is 5.20. The van der Waals surface area contributed by atoms with Gasteiger partial charge in [0.1, 0.15) is 12.4 Å². The van der Waals surface area contributed by atoms with E-state index in [1.54, 1.807) is 7.11 Å². The first-order valence-electron chi connectivity index (χ1n) is 6.10. The topological polar surface area (TPSA) is 30.5 Å². The van der Waals surface area contributed by atoms with Crippen LogP contribution in [0.2, 0.25) is 0 Å². The Kier molecular flexibility index (Phi) is 6.01. The monoisotopic (exact) mass is 237 g/mol. The quantitative estimate of drug-likeness (QED) is 0.790. The number of hydrogen-bond acceptors (Lipinski definition) is 3. The SMILES string of the molecule is COC(C)COc1ccccc1CNC(C)C. The number of para-hydroxylation sites is 1. The van der Waals surface area contributed by atoms with Gasteiger partial charge in [0.2, 0.25) is 0 Å². The summed E-state index contributed by atoms with van der Waals surface area (Å²) >= 11 is 0. The summed E-state index contributed by atoms with van der Waals surface area (Å²) in [5, 5.41) is 3.39. The standard InChI is InChI=1S/C14H23NO2/c1-11(2)15-9-13-7-5-6-8-14(13)17-10-12(3)16-4/h5-8,11-12,15H,9-10H2,1-4H3. The van der Waals surface area contributed by atoms with Crippen molar-refractivity contribution < 1.29 is 9.47 Å². The lowest BCUT2D eigenvalue weighted by molar-refractivity contribution is 0.0712. The fraction of sp³-hybridized carbons (Fsp3) is 0.571. The molecule has 1 aromatic carbocycles. The molecule has 17 heavy (non-hydrogen) atoms. The molecule has 96 valence electrons. The third-order valence-electron chi connectivity index (χ3n) is 2.55. The van der Waals surface area contributed by atoms with E-state index in [9.17, 15) is 0 Å². The van der Waals surface area contributed by atoms with Crippen LogP contribution in [0.5, 0.6) is 5.75 Å². The smallest absolute Gasteiger partial charge is 0.123 e. The molecular formula is C14H23NO2. The van der Waals surface area contributed by atoms with Gasteiger partial charge in [-0.05, 0) is 13.0 Å². The minimum atomic E-state index is 0.112. The third-order valence-corrected chi connectivity index (χ3v) is 2.55. The van der Waals surface area contributed by atoms with E-state index in [-0.39, 0.29) is 6.10 Å². The summed E-state index contributed by atoms with van der Waals surface area (Å²) in [5.41, 5.74) is 1.18. The summed E-state index contributed by atoms with van der Waals surface area (Å²) in [6.07, 6.45) is 0.112. The maximum absolute atomic E-state index is 5.76. The van der Waals surface area contributed by atoms with Gasteiger partial charge in [0.15, 0.2) is 0 Å². The maximum Gasteiger partial charge on any atom is 0.123 e. The number of nitrogens with one attached hydrogen (secondary N) is 1. The Morgan fingerprint density at radius 2 is 1.88 bits per heavy atom. The van der Waals surface area contributed by atoms with Crippen molar-refractivity contribution >= 4 is 0 Å². The summed E-state index contributed by atoms with van der Waals surface area (Å²) < 4.78 is 10.9. The summed E-state index contributed by atoms with van der Waals surface area (Å²) in [4.78, 5) is 0. The van der Waals surface area contributed by atoms with Crippen LogP contribution in [-0.2, 0) is 11.3 Å². The lowest BCUT2D eigenvalue weighted by Gasteiger charge is -2.15. The number of benzene rings is 1. The minimum Gasteiger partial charge on any atom is -0.491 e. The molecule has 0 aliphatic carbocycles. The summed E-state index contributed by atoms with van der Waals surface area (Å²) in [6, 6.07) is 8.58. The number of hydrogen-bond donors (Lipinski definition) is 1. The summed E-state index contributed by atoms with van der Waals surface area (Å²) in [7, 11) is 1.69. The molecule has 0 amide bonds. The molecule has 0 spiro atoms. The lowest BCUT2D eigenvalue weighted by atomic mass is 10.2. The van der Waals surface area contributed by atoms with Crippen LogP contribution in [0.1, 0.15) is 26.3 Å². The van der Waals surface area contributed by atoms with Crippen LogP contribution in [-0.4, -0.2) is 25.9 Å². The van der Waals surface area contributed by atoms with E-state index in [4.69, 9.17) is 9.47 Å². The lowest BCUT2D eigenvalue weighted by Crippen LogP contribution is -2.23. The van der Waals surface area contributed by atoms with E-state index >= 15 is 0 Å². The van der Waals surface area contributed by atoms with Crippen molar-refractivity contribution in [3.63, 3.8) is 0 Å². The molecule has 1 rings (SSSR count). The molecule has 1 unspecified atom stereocenters. The Morgan fingerprint density at radius 3 is 2.53 bits per heavy atom. The summed E-state index contributed by atoms with van der Waals surface area (Å²) in [5.74, 6) is 0.935.